The Balaban J connectivity index is 1.39. The number of unbranched alkanes of at least 4 members (excludes halogenated alkanes) is 9. The van der Waals surface area contributed by atoms with Crippen LogP contribution in [0.15, 0.2) is 36.4 Å². The minimum Gasteiger partial charge on any atom is -0.465 e. The van der Waals surface area contributed by atoms with Gasteiger partial charge in [0.25, 0.3) is 0 Å². The number of esters is 1. The van der Waals surface area contributed by atoms with E-state index in [-0.39, 0.29) is 23.2 Å². The number of nitrogens with zero attached hydrogens (tertiary/aromatic N) is 1. The quantitative estimate of drug-likeness (QED) is 0.184. The molecule has 0 radical (unpaired) electrons. The van der Waals surface area contributed by atoms with Crippen LogP contribution in [0.5, 0.6) is 0 Å². The smallest absolute Gasteiger partial charge is 0.315 e. The number of carbonyl (C=O) groups is 2. The summed E-state index contributed by atoms with van der Waals surface area (Å²) in [5.74, 6) is -1.45. The minimum absolute atomic E-state index is 0.0559. The van der Waals surface area contributed by atoms with E-state index in [0.717, 1.165) is 18.5 Å². The molecular weight excluding hydrogens is 405 g/mol. The summed E-state index contributed by atoms with van der Waals surface area (Å²) < 4.78 is 21.4. The topological polar surface area (TPSA) is 48.3 Å². The van der Waals surface area contributed by atoms with E-state index in [2.05, 4.69) is 6.92 Å². The lowest BCUT2D eigenvalue weighted by Crippen LogP contribution is -2.14. The molecule has 1 aliphatic heterocycles. The largest absolute Gasteiger partial charge is 0.465 e. The van der Waals surface area contributed by atoms with E-state index in [1.54, 1.807) is 24.3 Å². The molecule has 1 atom stereocenters. The van der Waals surface area contributed by atoms with Crippen molar-refractivity contribution in [3.8, 4) is 0 Å². The predicted octanol–water partition coefficient (Wildman–Crippen LogP) is 6.81. The number of rotatable bonds is 14. The van der Waals surface area contributed by atoms with Crippen LogP contribution in [0.1, 0.15) is 105 Å². The molecule has 0 spiro atoms. The minimum atomic E-state index is -0.529. The van der Waals surface area contributed by atoms with Crippen LogP contribution in [0.2, 0.25) is 0 Å². The van der Waals surface area contributed by atoms with Crippen LogP contribution in [0.4, 0.5) is 4.39 Å². The Morgan fingerprint density at radius 3 is 2.28 bits per heavy atom. The van der Waals surface area contributed by atoms with Gasteiger partial charge in [0.2, 0.25) is 5.78 Å². The maximum absolute atomic E-state index is 14.0. The van der Waals surface area contributed by atoms with Gasteiger partial charge in [0, 0.05) is 12.2 Å². The summed E-state index contributed by atoms with van der Waals surface area (Å²) in [6.07, 6.45) is 13.0. The zero-order valence-corrected chi connectivity index (χ0v) is 19.3. The number of fused-ring (bicyclic) bond motifs is 1. The van der Waals surface area contributed by atoms with Crippen molar-refractivity contribution in [1.29, 1.82) is 0 Å². The first kappa shape index (κ1) is 24.2. The van der Waals surface area contributed by atoms with Gasteiger partial charge in [0.15, 0.2) is 0 Å². The van der Waals surface area contributed by atoms with Crippen molar-refractivity contribution in [3.05, 3.63) is 59.2 Å². The molecule has 0 aliphatic carbocycles. The summed E-state index contributed by atoms with van der Waals surface area (Å²) in [6.45, 7) is 3.26. The molecule has 4 nitrogen and oxygen atoms in total. The molecule has 0 N–H and O–H groups in total. The maximum Gasteiger partial charge on any atom is 0.315 e. The second-order valence-corrected chi connectivity index (χ2v) is 8.79. The lowest BCUT2D eigenvalue weighted by atomic mass is 10.0. The summed E-state index contributed by atoms with van der Waals surface area (Å²) in [4.78, 5) is 25.4. The molecule has 0 bridgehead atoms. The third-order valence-corrected chi connectivity index (χ3v) is 6.39. The van der Waals surface area contributed by atoms with Crippen molar-refractivity contribution in [2.75, 3.05) is 6.61 Å². The maximum atomic E-state index is 14.0. The van der Waals surface area contributed by atoms with Gasteiger partial charge in [-0.15, -0.1) is 0 Å². The number of aromatic nitrogens is 1. The van der Waals surface area contributed by atoms with E-state index in [0.29, 0.717) is 25.3 Å². The molecule has 3 rings (SSSR count). The average molecular weight is 442 g/mol. The van der Waals surface area contributed by atoms with Gasteiger partial charge < -0.3 is 9.30 Å². The monoisotopic (exact) mass is 441 g/mol. The Bertz CT molecular complexity index is 889. The lowest BCUT2D eigenvalue weighted by molar-refractivity contribution is -0.145. The summed E-state index contributed by atoms with van der Waals surface area (Å²) in [5.41, 5.74) is 1.27. The zero-order valence-electron chi connectivity index (χ0n) is 19.3. The Hall–Kier alpha value is -2.43. The van der Waals surface area contributed by atoms with E-state index < -0.39 is 5.82 Å². The van der Waals surface area contributed by atoms with Gasteiger partial charge in [-0.3, -0.25) is 9.59 Å². The highest BCUT2D eigenvalue weighted by molar-refractivity contribution is 6.08. The number of benzene rings is 1. The summed E-state index contributed by atoms with van der Waals surface area (Å²) in [5, 5.41) is 0. The van der Waals surface area contributed by atoms with Crippen LogP contribution in [-0.2, 0) is 16.1 Å². The van der Waals surface area contributed by atoms with E-state index in [1.165, 1.54) is 63.5 Å². The Morgan fingerprint density at radius 1 is 0.938 bits per heavy atom. The molecule has 0 saturated heterocycles. The van der Waals surface area contributed by atoms with E-state index in [9.17, 15) is 14.0 Å². The van der Waals surface area contributed by atoms with Crippen LogP contribution < -0.4 is 0 Å². The van der Waals surface area contributed by atoms with Crippen molar-refractivity contribution in [1.82, 2.24) is 4.57 Å². The van der Waals surface area contributed by atoms with Crippen molar-refractivity contribution in [2.45, 2.75) is 90.0 Å². The highest BCUT2D eigenvalue weighted by atomic mass is 19.1. The first-order valence-electron chi connectivity index (χ1n) is 12.3. The van der Waals surface area contributed by atoms with Crippen LogP contribution in [0.25, 0.3) is 0 Å². The molecule has 174 valence electrons. The molecular formula is C27H36FNO3. The van der Waals surface area contributed by atoms with E-state index in [4.69, 9.17) is 4.74 Å². The summed E-state index contributed by atoms with van der Waals surface area (Å²) in [7, 11) is 0. The Labute approximate surface area is 191 Å². The van der Waals surface area contributed by atoms with Gasteiger partial charge in [-0.25, -0.2) is 4.39 Å². The fourth-order valence-corrected chi connectivity index (χ4v) is 4.53. The summed E-state index contributed by atoms with van der Waals surface area (Å²) >= 11 is 0. The molecule has 2 heterocycles. The second kappa shape index (κ2) is 12.6. The van der Waals surface area contributed by atoms with Crippen molar-refractivity contribution in [2.24, 2.45) is 0 Å². The number of hydrogen-bond donors (Lipinski definition) is 0. The van der Waals surface area contributed by atoms with Crippen molar-refractivity contribution < 1.29 is 18.7 Å². The van der Waals surface area contributed by atoms with Crippen LogP contribution in [-0.4, -0.2) is 22.9 Å². The third-order valence-electron chi connectivity index (χ3n) is 6.39. The fourth-order valence-electron chi connectivity index (χ4n) is 4.53. The number of ketones is 1. The number of halogens is 1. The SMILES string of the molecule is CCCCCCCCCCCCOC(=O)C1CCn2c(C(=O)c3ccccc3F)ccc21. The predicted molar refractivity (Wildman–Crippen MR) is 124 cm³/mol. The Morgan fingerprint density at radius 2 is 1.59 bits per heavy atom. The first-order chi connectivity index (χ1) is 15.6. The van der Waals surface area contributed by atoms with Gasteiger partial charge in [-0.05, 0) is 37.1 Å². The molecule has 0 amide bonds. The molecule has 32 heavy (non-hydrogen) atoms. The molecule has 1 unspecified atom stereocenters. The van der Waals surface area contributed by atoms with E-state index >= 15 is 0 Å². The third kappa shape index (κ3) is 6.30. The summed E-state index contributed by atoms with van der Waals surface area (Å²) in [6, 6.07) is 9.48. The standard InChI is InChI=1S/C27H36FNO3/c1-2-3-4-5-6-7-8-9-10-13-20-32-27(31)22-18-19-29-24(22)16-17-25(29)26(30)21-14-11-12-15-23(21)28/h11-12,14-17,22H,2-10,13,18-20H2,1H3. The van der Waals surface area contributed by atoms with Crippen LogP contribution in [0, 0.1) is 5.82 Å². The average Bonchev–Trinajstić information content (AvgIpc) is 3.39. The molecule has 5 heteroatoms. The molecule has 1 aromatic heterocycles. The molecule has 0 fully saturated rings. The highest BCUT2D eigenvalue weighted by Gasteiger charge is 2.33. The van der Waals surface area contributed by atoms with Crippen LogP contribution >= 0.6 is 0 Å². The van der Waals surface area contributed by atoms with Gasteiger partial charge in [-0.2, -0.15) is 0 Å². The number of hydrogen-bond acceptors (Lipinski definition) is 3. The highest BCUT2D eigenvalue weighted by Crippen LogP contribution is 2.32. The molecule has 1 aliphatic rings. The zero-order chi connectivity index (χ0) is 22.8. The Kier molecular flexibility index (Phi) is 9.51. The van der Waals surface area contributed by atoms with E-state index in [1.807, 2.05) is 4.57 Å². The van der Waals surface area contributed by atoms with Gasteiger partial charge in [0.1, 0.15) is 5.82 Å². The fraction of sp³-hybridized carbons (Fsp3) is 0.556. The van der Waals surface area contributed by atoms with Crippen molar-refractivity contribution >= 4 is 11.8 Å². The number of ether oxygens (including phenoxy) is 1. The van der Waals surface area contributed by atoms with Gasteiger partial charge in [-0.1, -0.05) is 76.8 Å². The molecule has 0 saturated carbocycles. The first-order valence-corrected chi connectivity index (χ1v) is 12.3. The number of carbonyl (C=O) groups excluding carboxylic acids is 2. The van der Waals surface area contributed by atoms with Crippen LogP contribution in [0.3, 0.4) is 0 Å². The van der Waals surface area contributed by atoms with Gasteiger partial charge >= 0.3 is 5.97 Å². The molecule has 2 aromatic rings. The van der Waals surface area contributed by atoms with Crippen molar-refractivity contribution in [3.63, 3.8) is 0 Å². The molecule has 1 aromatic carbocycles. The lowest BCUT2D eigenvalue weighted by Gasteiger charge is -2.10. The van der Waals surface area contributed by atoms with Gasteiger partial charge in [0.05, 0.1) is 23.8 Å². The second-order valence-electron chi connectivity index (χ2n) is 8.79. The normalized spacial score (nSPS) is 15.0.